The summed E-state index contributed by atoms with van der Waals surface area (Å²) < 4.78 is 12.2. The summed E-state index contributed by atoms with van der Waals surface area (Å²) in [5.74, 6) is 0.719. The third kappa shape index (κ3) is 4.60. The molecule has 0 atom stereocenters. The van der Waals surface area contributed by atoms with Gasteiger partial charge in [-0.3, -0.25) is 9.67 Å². The fourth-order valence-corrected chi connectivity index (χ4v) is 1.61. The summed E-state index contributed by atoms with van der Waals surface area (Å²) >= 11 is 0. The molecule has 2 heterocycles. The van der Waals surface area contributed by atoms with E-state index in [0.717, 1.165) is 23.7 Å². The van der Waals surface area contributed by atoms with Gasteiger partial charge in [-0.25, -0.2) is 0 Å². The number of rotatable bonds is 8. The normalized spacial score (nSPS) is 10.7. The third-order valence-corrected chi connectivity index (χ3v) is 2.62. The van der Waals surface area contributed by atoms with E-state index in [4.69, 9.17) is 9.47 Å². The Morgan fingerprint density at radius 2 is 2.20 bits per heavy atom. The van der Waals surface area contributed by atoms with Crippen LogP contribution in [0.2, 0.25) is 0 Å². The van der Waals surface area contributed by atoms with Crippen molar-refractivity contribution in [1.29, 1.82) is 0 Å². The Morgan fingerprint density at radius 3 is 2.85 bits per heavy atom. The number of aryl methyl sites for hydroxylation is 1. The molecule has 0 aliphatic carbocycles. The van der Waals surface area contributed by atoms with Gasteiger partial charge in [-0.05, 0) is 12.1 Å². The van der Waals surface area contributed by atoms with Gasteiger partial charge in [-0.1, -0.05) is 5.21 Å². The minimum Gasteiger partial charge on any atom is -0.486 e. The van der Waals surface area contributed by atoms with Crippen molar-refractivity contribution in [3.05, 3.63) is 35.9 Å². The van der Waals surface area contributed by atoms with Gasteiger partial charge in [0.05, 0.1) is 24.7 Å². The average molecular weight is 277 g/mol. The first kappa shape index (κ1) is 14.4. The monoisotopic (exact) mass is 277 g/mol. The van der Waals surface area contributed by atoms with Gasteiger partial charge in [0.1, 0.15) is 18.1 Å². The SMILES string of the molecule is COCCNCc1ccc(OCc2cn(C)nn2)cn1. The van der Waals surface area contributed by atoms with E-state index in [9.17, 15) is 0 Å². The molecule has 7 heteroatoms. The Bertz CT molecular complexity index is 512. The van der Waals surface area contributed by atoms with Crippen LogP contribution in [-0.2, 0) is 24.9 Å². The smallest absolute Gasteiger partial charge is 0.138 e. The highest BCUT2D eigenvalue weighted by Crippen LogP contribution is 2.10. The van der Waals surface area contributed by atoms with E-state index in [-0.39, 0.29) is 0 Å². The molecule has 2 aromatic heterocycles. The van der Waals surface area contributed by atoms with E-state index in [1.807, 2.05) is 25.4 Å². The number of hydrogen-bond donors (Lipinski definition) is 1. The number of aromatic nitrogens is 4. The maximum atomic E-state index is 5.58. The van der Waals surface area contributed by atoms with Crippen molar-refractivity contribution in [2.24, 2.45) is 7.05 Å². The number of ether oxygens (including phenoxy) is 2. The Hall–Kier alpha value is -1.99. The second-order valence-electron chi connectivity index (χ2n) is 4.33. The summed E-state index contributed by atoms with van der Waals surface area (Å²) in [6.07, 6.45) is 3.53. The molecule has 0 bridgehead atoms. The number of hydrogen-bond acceptors (Lipinski definition) is 6. The van der Waals surface area contributed by atoms with Gasteiger partial charge in [0, 0.05) is 27.2 Å². The molecule has 0 saturated heterocycles. The third-order valence-electron chi connectivity index (χ3n) is 2.62. The van der Waals surface area contributed by atoms with Gasteiger partial charge in [-0.2, -0.15) is 0 Å². The molecule has 2 rings (SSSR count). The summed E-state index contributed by atoms with van der Waals surface area (Å²) in [7, 11) is 3.51. The molecule has 0 spiro atoms. The summed E-state index contributed by atoms with van der Waals surface area (Å²) in [4.78, 5) is 4.32. The van der Waals surface area contributed by atoms with Crippen molar-refractivity contribution in [3.8, 4) is 5.75 Å². The topological polar surface area (TPSA) is 74.1 Å². The van der Waals surface area contributed by atoms with Crippen LogP contribution in [-0.4, -0.2) is 40.2 Å². The van der Waals surface area contributed by atoms with Crippen LogP contribution >= 0.6 is 0 Å². The van der Waals surface area contributed by atoms with Crippen molar-refractivity contribution < 1.29 is 9.47 Å². The average Bonchev–Trinajstić information content (AvgIpc) is 2.88. The maximum absolute atomic E-state index is 5.58. The lowest BCUT2D eigenvalue weighted by Gasteiger charge is -2.06. The molecule has 0 aliphatic rings. The van der Waals surface area contributed by atoms with E-state index in [1.165, 1.54) is 0 Å². The molecule has 0 radical (unpaired) electrons. The largest absolute Gasteiger partial charge is 0.486 e. The fraction of sp³-hybridized carbons (Fsp3) is 0.462. The van der Waals surface area contributed by atoms with E-state index < -0.39 is 0 Å². The number of nitrogens with one attached hydrogen (secondary N) is 1. The lowest BCUT2D eigenvalue weighted by molar-refractivity contribution is 0.199. The van der Waals surface area contributed by atoms with Crippen molar-refractivity contribution >= 4 is 0 Å². The molecular weight excluding hydrogens is 258 g/mol. The Morgan fingerprint density at radius 1 is 1.30 bits per heavy atom. The lowest BCUT2D eigenvalue weighted by Crippen LogP contribution is -2.19. The Kier molecular flexibility index (Phi) is 5.45. The van der Waals surface area contributed by atoms with Gasteiger partial charge in [-0.15, -0.1) is 5.10 Å². The van der Waals surface area contributed by atoms with Crippen LogP contribution < -0.4 is 10.1 Å². The highest BCUT2D eigenvalue weighted by atomic mass is 16.5. The molecule has 108 valence electrons. The zero-order valence-corrected chi connectivity index (χ0v) is 11.7. The van der Waals surface area contributed by atoms with Gasteiger partial charge in [0.2, 0.25) is 0 Å². The molecule has 0 unspecified atom stereocenters. The number of pyridine rings is 1. The van der Waals surface area contributed by atoms with E-state index in [0.29, 0.717) is 19.8 Å². The minimum atomic E-state index is 0.390. The van der Waals surface area contributed by atoms with Crippen LogP contribution in [0.15, 0.2) is 24.5 Å². The summed E-state index contributed by atoms with van der Waals surface area (Å²) in [6, 6.07) is 3.84. The molecule has 0 saturated carbocycles. The first-order valence-corrected chi connectivity index (χ1v) is 6.40. The van der Waals surface area contributed by atoms with Crippen LogP contribution in [0.1, 0.15) is 11.4 Å². The molecule has 0 fully saturated rings. The van der Waals surface area contributed by atoms with Crippen LogP contribution in [0.4, 0.5) is 0 Å². The second kappa shape index (κ2) is 7.56. The number of nitrogens with zero attached hydrogens (tertiary/aromatic N) is 4. The zero-order valence-electron chi connectivity index (χ0n) is 11.7. The Balaban J connectivity index is 1.76. The van der Waals surface area contributed by atoms with Gasteiger partial charge in [0.15, 0.2) is 0 Å². The van der Waals surface area contributed by atoms with Crippen molar-refractivity contribution in [2.75, 3.05) is 20.3 Å². The van der Waals surface area contributed by atoms with Crippen molar-refractivity contribution in [3.63, 3.8) is 0 Å². The molecule has 1 N–H and O–H groups in total. The summed E-state index contributed by atoms with van der Waals surface area (Å²) in [5, 5.41) is 11.0. The molecule has 2 aromatic rings. The predicted octanol–water partition coefficient (Wildman–Crippen LogP) is 0.525. The fourth-order valence-electron chi connectivity index (χ4n) is 1.61. The summed E-state index contributed by atoms with van der Waals surface area (Å²) in [6.45, 7) is 2.61. The van der Waals surface area contributed by atoms with E-state index in [2.05, 4.69) is 20.6 Å². The summed E-state index contributed by atoms with van der Waals surface area (Å²) in [5.41, 5.74) is 1.76. The molecule has 20 heavy (non-hydrogen) atoms. The van der Waals surface area contributed by atoms with Crippen LogP contribution in [0.25, 0.3) is 0 Å². The lowest BCUT2D eigenvalue weighted by atomic mass is 10.3. The van der Waals surface area contributed by atoms with Gasteiger partial charge >= 0.3 is 0 Å². The molecule has 7 nitrogen and oxygen atoms in total. The minimum absolute atomic E-state index is 0.390. The molecule has 0 aliphatic heterocycles. The van der Waals surface area contributed by atoms with Crippen molar-refractivity contribution in [1.82, 2.24) is 25.3 Å². The molecule has 0 amide bonds. The highest BCUT2D eigenvalue weighted by molar-refractivity contribution is 5.20. The molecule has 0 aromatic carbocycles. The zero-order chi connectivity index (χ0) is 14.2. The van der Waals surface area contributed by atoms with Crippen LogP contribution in [0.5, 0.6) is 5.75 Å². The molecular formula is C13H19N5O2. The first-order chi connectivity index (χ1) is 9.78. The van der Waals surface area contributed by atoms with Gasteiger partial charge in [0.25, 0.3) is 0 Å². The quantitative estimate of drug-likeness (QED) is 0.709. The van der Waals surface area contributed by atoms with Crippen molar-refractivity contribution in [2.45, 2.75) is 13.2 Å². The highest BCUT2D eigenvalue weighted by Gasteiger charge is 2.01. The van der Waals surface area contributed by atoms with E-state index >= 15 is 0 Å². The van der Waals surface area contributed by atoms with Gasteiger partial charge < -0.3 is 14.8 Å². The first-order valence-electron chi connectivity index (χ1n) is 6.40. The number of methoxy groups -OCH3 is 1. The van der Waals surface area contributed by atoms with Crippen LogP contribution in [0.3, 0.4) is 0 Å². The predicted molar refractivity (Wildman–Crippen MR) is 73.2 cm³/mol. The Labute approximate surface area is 117 Å². The standard InChI is InChI=1S/C13H19N5O2/c1-18-9-12(16-17-18)10-20-13-4-3-11(15-8-13)7-14-5-6-19-2/h3-4,8-9,14H,5-7,10H2,1-2H3. The maximum Gasteiger partial charge on any atom is 0.138 e. The van der Waals surface area contributed by atoms with Crippen LogP contribution in [0, 0.1) is 0 Å². The van der Waals surface area contributed by atoms with E-state index in [1.54, 1.807) is 18.0 Å². The second-order valence-corrected chi connectivity index (χ2v) is 4.33.